The van der Waals surface area contributed by atoms with Crippen LogP contribution in [0.1, 0.15) is 5.69 Å². The largest absolute Gasteiger partial charge is 0.732 e. The molecule has 1 heterocycles. The van der Waals surface area contributed by atoms with Gasteiger partial charge in [-0.15, -0.1) is 0 Å². The Balaban J connectivity index is 2.34. The van der Waals surface area contributed by atoms with E-state index in [1.807, 2.05) is 0 Å². The molecule has 98 valence electrons. The van der Waals surface area contributed by atoms with Gasteiger partial charge in [0.2, 0.25) is 5.52 Å². The predicted molar refractivity (Wildman–Crippen MR) is 65.9 cm³/mol. The smallest absolute Gasteiger partial charge is 0.419 e. The zero-order valence-corrected chi connectivity index (χ0v) is 9.89. The van der Waals surface area contributed by atoms with E-state index in [1.165, 1.54) is 6.20 Å². The highest BCUT2D eigenvalue weighted by Crippen LogP contribution is 2.05. The van der Waals surface area contributed by atoms with Crippen LogP contribution in [0.4, 0.5) is 4.79 Å². The number of hydroxylamine groups is 1. The summed E-state index contributed by atoms with van der Waals surface area (Å²) in [5.41, 5.74) is 0.881. The topological polar surface area (TPSA) is 105 Å². The van der Waals surface area contributed by atoms with Gasteiger partial charge in [-0.25, -0.2) is 9.78 Å². The van der Waals surface area contributed by atoms with Crippen LogP contribution < -0.4 is 4.73 Å². The van der Waals surface area contributed by atoms with Crippen molar-refractivity contribution in [3.8, 4) is 0 Å². The summed E-state index contributed by atoms with van der Waals surface area (Å²) >= 11 is 0. The van der Waals surface area contributed by atoms with Crippen LogP contribution in [0, 0.1) is 10.4 Å². The van der Waals surface area contributed by atoms with Crippen LogP contribution >= 0.6 is 0 Å². The van der Waals surface area contributed by atoms with Gasteiger partial charge in [-0.3, -0.25) is 5.17 Å². The van der Waals surface area contributed by atoms with Gasteiger partial charge in [0.25, 0.3) is 5.69 Å². The van der Waals surface area contributed by atoms with E-state index >= 15 is 0 Å². The second-order valence-corrected chi connectivity index (χ2v) is 3.45. The van der Waals surface area contributed by atoms with E-state index in [2.05, 4.69) is 14.8 Å². The first-order chi connectivity index (χ1) is 9.13. The number of benzene rings is 1. The Morgan fingerprint density at radius 2 is 2.26 bits per heavy atom. The van der Waals surface area contributed by atoms with Crippen LogP contribution in [0.15, 0.2) is 35.6 Å². The summed E-state index contributed by atoms with van der Waals surface area (Å²) < 4.78 is 4.73. The van der Waals surface area contributed by atoms with Gasteiger partial charge in [0, 0.05) is 6.07 Å². The molecule has 1 amide bonds. The van der Waals surface area contributed by atoms with Gasteiger partial charge in [0.1, 0.15) is 17.9 Å². The maximum Gasteiger partial charge on any atom is 0.419 e. The van der Waals surface area contributed by atoms with E-state index in [1.54, 1.807) is 24.3 Å². The number of amides is 1. The van der Waals surface area contributed by atoms with Crippen molar-refractivity contribution in [3.63, 3.8) is 0 Å². The average Bonchev–Trinajstić information content (AvgIpc) is 2.45. The highest BCUT2D eigenvalue weighted by molar-refractivity contribution is 5.79. The second-order valence-electron chi connectivity index (χ2n) is 3.45. The van der Waals surface area contributed by atoms with E-state index < -0.39 is 6.09 Å². The standard InChI is InChI=1S/C11H9N4O4/c1-19-11(16)15(18)13-7-8-6-12-9-4-2-3-5-10(9)14(8)17/h2-7H,1H3/q-1. The Morgan fingerprint density at radius 3 is 3.00 bits per heavy atom. The quantitative estimate of drug-likeness (QED) is 0.343. The number of ether oxygens (including phenoxy) is 1. The molecule has 0 fully saturated rings. The fourth-order valence-electron chi connectivity index (χ4n) is 1.39. The fraction of sp³-hybridized carbons (Fsp3) is 0.0909. The van der Waals surface area contributed by atoms with Crippen LogP contribution in [0.2, 0.25) is 0 Å². The van der Waals surface area contributed by atoms with Crippen LogP contribution in [-0.2, 0) is 4.74 Å². The van der Waals surface area contributed by atoms with Gasteiger partial charge in [0.15, 0.2) is 0 Å². The SMILES string of the molecule is COC(=O)N([O-])N=Cc1cnc2ccccc2[n+]1[O-]. The summed E-state index contributed by atoms with van der Waals surface area (Å²) in [4.78, 5) is 14.8. The first kappa shape index (κ1) is 12.7. The Morgan fingerprint density at radius 1 is 1.53 bits per heavy atom. The summed E-state index contributed by atoms with van der Waals surface area (Å²) in [6.07, 6.45) is 1.02. The molecule has 1 aromatic heterocycles. The lowest BCUT2D eigenvalue weighted by molar-refractivity contribution is -0.578. The van der Waals surface area contributed by atoms with Gasteiger partial charge in [0.05, 0.1) is 7.11 Å². The van der Waals surface area contributed by atoms with Crippen molar-refractivity contribution in [2.45, 2.75) is 0 Å². The fourth-order valence-corrected chi connectivity index (χ4v) is 1.39. The van der Waals surface area contributed by atoms with Gasteiger partial charge in [-0.2, -0.15) is 9.83 Å². The van der Waals surface area contributed by atoms with E-state index in [0.29, 0.717) is 15.8 Å². The molecule has 0 aliphatic heterocycles. The Labute approximate surface area is 107 Å². The van der Waals surface area contributed by atoms with Crippen LogP contribution in [-0.4, -0.2) is 29.6 Å². The summed E-state index contributed by atoms with van der Waals surface area (Å²) in [5.74, 6) is 0. The number of aromatic nitrogens is 2. The predicted octanol–water partition coefficient (Wildman–Crippen LogP) is 0.768. The van der Waals surface area contributed by atoms with E-state index in [4.69, 9.17) is 0 Å². The molecular formula is C11H9N4O4-. The van der Waals surface area contributed by atoms with Crippen molar-refractivity contribution in [3.05, 3.63) is 46.6 Å². The highest BCUT2D eigenvalue weighted by atomic mass is 16.6. The second kappa shape index (κ2) is 5.27. The average molecular weight is 261 g/mol. The van der Waals surface area contributed by atoms with Crippen molar-refractivity contribution >= 4 is 23.3 Å². The lowest BCUT2D eigenvalue weighted by Gasteiger charge is -2.18. The van der Waals surface area contributed by atoms with Crippen LogP contribution in [0.5, 0.6) is 0 Å². The Kier molecular flexibility index (Phi) is 3.53. The lowest BCUT2D eigenvalue weighted by atomic mass is 10.3. The minimum Gasteiger partial charge on any atom is -0.732 e. The molecule has 8 heteroatoms. The number of rotatable bonds is 2. The van der Waals surface area contributed by atoms with Crippen molar-refractivity contribution in [2.24, 2.45) is 5.10 Å². The number of fused-ring (bicyclic) bond motifs is 1. The number of carbonyl (C=O) groups is 1. The molecule has 2 rings (SSSR count). The molecule has 0 N–H and O–H groups in total. The third-order valence-electron chi connectivity index (χ3n) is 2.30. The maximum absolute atomic E-state index is 11.9. The van der Waals surface area contributed by atoms with Crippen LogP contribution in [0.3, 0.4) is 0 Å². The van der Waals surface area contributed by atoms with E-state index in [0.717, 1.165) is 13.3 Å². The van der Waals surface area contributed by atoms with Crippen molar-refractivity contribution < 1.29 is 14.3 Å². The highest BCUT2D eigenvalue weighted by Gasteiger charge is 2.09. The van der Waals surface area contributed by atoms with E-state index in [9.17, 15) is 15.2 Å². The Hall–Kier alpha value is -2.74. The molecule has 0 aliphatic rings. The zero-order chi connectivity index (χ0) is 13.8. The minimum atomic E-state index is -1.18. The van der Waals surface area contributed by atoms with E-state index in [-0.39, 0.29) is 10.9 Å². The molecule has 0 radical (unpaired) electrons. The zero-order valence-electron chi connectivity index (χ0n) is 9.89. The molecule has 1 aromatic carbocycles. The van der Waals surface area contributed by atoms with Gasteiger partial charge in [-0.1, -0.05) is 12.1 Å². The minimum absolute atomic E-state index is 0.0310. The third kappa shape index (κ3) is 2.58. The first-order valence-corrected chi connectivity index (χ1v) is 5.20. The third-order valence-corrected chi connectivity index (χ3v) is 2.30. The van der Waals surface area contributed by atoms with Crippen molar-refractivity contribution in [2.75, 3.05) is 7.11 Å². The number of hydrogen-bond donors (Lipinski definition) is 0. The molecule has 0 aliphatic carbocycles. The molecule has 0 atom stereocenters. The van der Waals surface area contributed by atoms with Gasteiger partial charge >= 0.3 is 6.09 Å². The van der Waals surface area contributed by atoms with Gasteiger partial charge < -0.3 is 15.2 Å². The molecular weight excluding hydrogens is 252 g/mol. The number of hydrogen-bond acceptors (Lipinski definition) is 6. The van der Waals surface area contributed by atoms with Crippen molar-refractivity contribution in [1.82, 2.24) is 10.2 Å². The van der Waals surface area contributed by atoms with Gasteiger partial charge in [-0.05, 0) is 6.07 Å². The molecule has 2 aromatic rings. The monoisotopic (exact) mass is 261 g/mol. The molecule has 19 heavy (non-hydrogen) atoms. The summed E-state index contributed by atoms with van der Waals surface area (Å²) in [6.45, 7) is 0. The lowest BCUT2D eigenvalue weighted by Crippen LogP contribution is -2.33. The number of nitrogens with zero attached hydrogens (tertiary/aromatic N) is 4. The summed E-state index contributed by atoms with van der Waals surface area (Å²) in [6, 6.07) is 6.70. The van der Waals surface area contributed by atoms with Crippen molar-refractivity contribution in [1.29, 1.82) is 0 Å². The number of carbonyl (C=O) groups excluding carboxylic acids is 1. The maximum atomic E-state index is 11.9. The molecule has 0 bridgehead atoms. The molecule has 0 spiro atoms. The molecule has 8 nitrogen and oxygen atoms in total. The number of para-hydroxylation sites is 2. The normalized spacial score (nSPS) is 10.8. The Bertz CT molecular complexity index is 644. The molecule has 0 saturated heterocycles. The summed E-state index contributed by atoms with van der Waals surface area (Å²) in [7, 11) is 1.05. The first-order valence-electron chi connectivity index (χ1n) is 5.20. The summed E-state index contributed by atoms with van der Waals surface area (Å²) in [5, 5.41) is 25.9. The molecule has 0 saturated carbocycles. The number of methoxy groups -OCH3 is 1. The number of hydrazone groups is 1. The molecule has 0 unspecified atom stereocenters. The van der Waals surface area contributed by atoms with Crippen LogP contribution in [0.25, 0.3) is 11.0 Å².